The zero-order valence-corrected chi connectivity index (χ0v) is 12.8. The number of anilines is 1. The van der Waals surface area contributed by atoms with Gasteiger partial charge >= 0.3 is 0 Å². The minimum atomic E-state index is -0.438. The Morgan fingerprint density at radius 3 is 2.50 bits per heavy atom. The molecule has 0 unspecified atom stereocenters. The second-order valence-electron chi connectivity index (χ2n) is 5.25. The van der Waals surface area contributed by atoms with Gasteiger partial charge in [-0.05, 0) is 50.6 Å². The number of rotatable bonds is 4. The molecule has 1 N–H and O–H groups in total. The van der Waals surface area contributed by atoms with Gasteiger partial charge < -0.3 is 9.88 Å². The third-order valence-electron chi connectivity index (χ3n) is 3.38. The standard InChI is InChI=1S/C17H18N2O3/c1-11-5-4-6-14(9-11)18-16(21)10-19-12(2)7-8-15(13(3)20)17(19)22/h4-9H,10H2,1-3H3,(H,18,21). The average Bonchev–Trinajstić information content (AvgIpc) is 2.43. The van der Waals surface area contributed by atoms with Gasteiger partial charge in [-0.3, -0.25) is 14.4 Å². The molecule has 1 amide bonds. The van der Waals surface area contributed by atoms with Gasteiger partial charge in [-0.25, -0.2) is 0 Å². The summed E-state index contributed by atoms with van der Waals surface area (Å²) in [6, 6.07) is 10.6. The van der Waals surface area contributed by atoms with Crippen LogP contribution in [0, 0.1) is 13.8 Å². The number of pyridine rings is 1. The highest BCUT2D eigenvalue weighted by Gasteiger charge is 2.12. The van der Waals surface area contributed by atoms with Crippen molar-refractivity contribution in [2.75, 3.05) is 5.32 Å². The van der Waals surface area contributed by atoms with Crippen molar-refractivity contribution in [1.29, 1.82) is 0 Å². The number of nitrogens with one attached hydrogen (secondary N) is 1. The van der Waals surface area contributed by atoms with Gasteiger partial charge in [0.05, 0.1) is 5.56 Å². The second-order valence-corrected chi connectivity index (χ2v) is 5.25. The van der Waals surface area contributed by atoms with E-state index in [1.807, 2.05) is 25.1 Å². The lowest BCUT2D eigenvalue weighted by molar-refractivity contribution is -0.116. The number of amides is 1. The van der Waals surface area contributed by atoms with E-state index in [0.29, 0.717) is 11.4 Å². The molecule has 0 fully saturated rings. The first-order valence-electron chi connectivity index (χ1n) is 6.96. The van der Waals surface area contributed by atoms with E-state index in [-0.39, 0.29) is 23.8 Å². The summed E-state index contributed by atoms with van der Waals surface area (Å²) < 4.78 is 1.31. The van der Waals surface area contributed by atoms with Crippen molar-refractivity contribution in [3.05, 3.63) is 63.6 Å². The molecule has 0 bridgehead atoms. The van der Waals surface area contributed by atoms with Gasteiger partial charge in [0.1, 0.15) is 6.54 Å². The van der Waals surface area contributed by atoms with Gasteiger partial charge in [-0.15, -0.1) is 0 Å². The van der Waals surface area contributed by atoms with Gasteiger partial charge in [-0.1, -0.05) is 12.1 Å². The van der Waals surface area contributed by atoms with Crippen LogP contribution in [0.25, 0.3) is 0 Å². The molecule has 0 saturated heterocycles. The number of benzene rings is 1. The minimum absolute atomic E-state index is 0.0916. The Kier molecular flexibility index (Phi) is 4.56. The van der Waals surface area contributed by atoms with Crippen LogP contribution < -0.4 is 10.9 Å². The molecule has 5 nitrogen and oxygen atoms in total. The molecule has 0 saturated carbocycles. The summed E-state index contributed by atoms with van der Waals surface area (Å²) in [7, 11) is 0. The summed E-state index contributed by atoms with van der Waals surface area (Å²) in [6.45, 7) is 4.87. The topological polar surface area (TPSA) is 68.2 Å². The van der Waals surface area contributed by atoms with Gasteiger partial charge in [0.15, 0.2) is 5.78 Å². The van der Waals surface area contributed by atoms with E-state index >= 15 is 0 Å². The maximum absolute atomic E-state index is 12.2. The van der Waals surface area contributed by atoms with Crippen molar-refractivity contribution in [1.82, 2.24) is 4.57 Å². The maximum Gasteiger partial charge on any atom is 0.262 e. The zero-order chi connectivity index (χ0) is 16.3. The Balaban J connectivity index is 2.23. The molecule has 114 valence electrons. The van der Waals surface area contributed by atoms with Crippen molar-refractivity contribution in [2.24, 2.45) is 0 Å². The van der Waals surface area contributed by atoms with Crippen molar-refractivity contribution in [3.63, 3.8) is 0 Å². The van der Waals surface area contributed by atoms with Crippen molar-refractivity contribution in [3.8, 4) is 0 Å². The molecule has 0 aliphatic heterocycles. The Labute approximate surface area is 128 Å². The molecule has 0 spiro atoms. The Morgan fingerprint density at radius 1 is 1.14 bits per heavy atom. The molecule has 1 heterocycles. The Hall–Kier alpha value is -2.69. The molecular weight excluding hydrogens is 280 g/mol. The lowest BCUT2D eigenvalue weighted by Gasteiger charge is -2.11. The lowest BCUT2D eigenvalue weighted by Crippen LogP contribution is -2.32. The first kappa shape index (κ1) is 15.7. The third kappa shape index (κ3) is 3.49. The van der Waals surface area contributed by atoms with Gasteiger partial charge in [-0.2, -0.15) is 0 Å². The van der Waals surface area contributed by atoms with E-state index in [9.17, 15) is 14.4 Å². The molecule has 1 aromatic carbocycles. The first-order chi connectivity index (χ1) is 10.4. The Morgan fingerprint density at radius 2 is 1.86 bits per heavy atom. The lowest BCUT2D eigenvalue weighted by atomic mass is 10.2. The SMILES string of the molecule is CC(=O)c1ccc(C)n(CC(=O)Nc2cccc(C)c2)c1=O. The van der Waals surface area contributed by atoms with Crippen LogP contribution in [0.1, 0.15) is 28.5 Å². The molecule has 2 aromatic rings. The maximum atomic E-state index is 12.2. The molecular formula is C17H18N2O3. The summed E-state index contributed by atoms with van der Waals surface area (Å²) in [5.41, 5.74) is 2.00. The van der Waals surface area contributed by atoms with E-state index in [0.717, 1.165) is 5.56 Å². The summed E-state index contributed by atoms with van der Waals surface area (Å²) in [5, 5.41) is 2.75. The highest BCUT2D eigenvalue weighted by atomic mass is 16.2. The van der Waals surface area contributed by atoms with Gasteiger partial charge in [0.2, 0.25) is 5.91 Å². The largest absolute Gasteiger partial charge is 0.325 e. The molecule has 1 aromatic heterocycles. The average molecular weight is 298 g/mol. The number of nitrogens with zero attached hydrogens (tertiary/aromatic N) is 1. The predicted octanol–water partition coefficient (Wildman–Crippen LogP) is 2.31. The normalized spacial score (nSPS) is 10.3. The number of Topliss-reactive ketones (excluding diaryl/α,β-unsaturated/α-hetero) is 1. The molecule has 0 aliphatic rings. The molecule has 0 atom stereocenters. The van der Waals surface area contributed by atoms with Crippen LogP contribution >= 0.6 is 0 Å². The van der Waals surface area contributed by atoms with Gasteiger partial charge in [0.25, 0.3) is 5.56 Å². The summed E-state index contributed by atoms with van der Waals surface area (Å²) in [4.78, 5) is 35.8. The van der Waals surface area contributed by atoms with Crippen LogP contribution in [-0.2, 0) is 11.3 Å². The van der Waals surface area contributed by atoms with Crippen molar-refractivity contribution < 1.29 is 9.59 Å². The van der Waals surface area contributed by atoms with Gasteiger partial charge in [0, 0.05) is 11.4 Å². The van der Waals surface area contributed by atoms with Crippen molar-refractivity contribution >= 4 is 17.4 Å². The van der Waals surface area contributed by atoms with E-state index in [1.165, 1.54) is 17.6 Å². The third-order valence-corrected chi connectivity index (χ3v) is 3.38. The quantitative estimate of drug-likeness (QED) is 0.881. The number of carbonyl (C=O) groups excluding carboxylic acids is 2. The molecule has 0 radical (unpaired) electrons. The monoisotopic (exact) mass is 298 g/mol. The number of hydrogen-bond donors (Lipinski definition) is 1. The number of aryl methyl sites for hydroxylation is 2. The second kappa shape index (κ2) is 6.39. The summed E-state index contributed by atoms with van der Waals surface area (Å²) >= 11 is 0. The smallest absolute Gasteiger partial charge is 0.262 e. The number of carbonyl (C=O) groups is 2. The van der Waals surface area contributed by atoms with E-state index in [4.69, 9.17) is 0 Å². The summed E-state index contributed by atoms with van der Waals surface area (Å²) in [6.07, 6.45) is 0. The number of ketones is 1. The van der Waals surface area contributed by atoms with Crippen LogP contribution in [0.2, 0.25) is 0 Å². The van der Waals surface area contributed by atoms with E-state index in [1.54, 1.807) is 19.1 Å². The fourth-order valence-corrected chi connectivity index (χ4v) is 2.20. The highest BCUT2D eigenvalue weighted by molar-refractivity contribution is 5.94. The van der Waals surface area contributed by atoms with Crippen LogP contribution in [0.3, 0.4) is 0 Å². The predicted molar refractivity (Wildman–Crippen MR) is 85.3 cm³/mol. The van der Waals surface area contributed by atoms with Crippen LogP contribution in [0.5, 0.6) is 0 Å². The van der Waals surface area contributed by atoms with Crippen LogP contribution in [-0.4, -0.2) is 16.3 Å². The zero-order valence-electron chi connectivity index (χ0n) is 12.8. The molecule has 0 aliphatic carbocycles. The fourth-order valence-electron chi connectivity index (χ4n) is 2.20. The molecule has 22 heavy (non-hydrogen) atoms. The Bertz CT molecular complexity index is 791. The molecule has 5 heteroatoms. The fraction of sp³-hybridized carbons (Fsp3) is 0.235. The van der Waals surface area contributed by atoms with Crippen LogP contribution in [0.15, 0.2) is 41.2 Å². The van der Waals surface area contributed by atoms with Crippen molar-refractivity contribution in [2.45, 2.75) is 27.3 Å². The van der Waals surface area contributed by atoms with E-state index in [2.05, 4.69) is 5.32 Å². The number of hydrogen-bond acceptors (Lipinski definition) is 3. The van der Waals surface area contributed by atoms with Crippen LogP contribution in [0.4, 0.5) is 5.69 Å². The molecule has 2 rings (SSSR count). The first-order valence-corrected chi connectivity index (χ1v) is 6.96. The highest BCUT2D eigenvalue weighted by Crippen LogP contribution is 2.09. The summed E-state index contributed by atoms with van der Waals surface area (Å²) in [5.74, 6) is -0.616. The number of aromatic nitrogens is 1. The van der Waals surface area contributed by atoms with E-state index < -0.39 is 5.56 Å². The minimum Gasteiger partial charge on any atom is -0.325 e.